The molecule has 38 heavy (non-hydrogen) atoms. The van der Waals surface area contributed by atoms with Crippen LogP contribution in [0, 0.1) is 28.6 Å². The molecule has 0 radical (unpaired) electrons. The van der Waals surface area contributed by atoms with Gasteiger partial charge in [-0.2, -0.15) is 0 Å². The molecule has 2 heteroatoms. The molecule has 0 spiro atoms. The summed E-state index contributed by atoms with van der Waals surface area (Å²) in [5, 5.41) is 0. The van der Waals surface area contributed by atoms with Crippen molar-refractivity contribution in [2.24, 2.45) is 28.6 Å². The number of hydrogen-bond donors (Lipinski definition) is 0. The summed E-state index contributed by atoms with van der Waals surface area (Å²) in [6.45, 7) is 12.3. The number of unbranched alkanes of at least 4 members (excludes halogenated alkanes) is 13. The number of hydrogen-bond acceptors (Lipinski definition) is 2. The van der Waals surface area contributed by atoms with Gasteiger partial charge in [-0.3, -0.25) is 4.79 Å². The van der Waals surface area contributed by atoms with Crippen molar-refractivity contribution in [1.82, 2.24) is 0 Å². The van der Waals surface area contributed by atoms with E-state index < -0.39 is 0 Å². The molecule has 0 N–H and O–H groups in total. The highest BCUT2D eigenvalue weighted by molar-refractivity contribution is 5.77. The first kappa shape index (κ1) is 31.5. The number of fused-ring (bicyclic) bond motifs is 3. The van der Waals surface area contributed by atoms with E-state index in [9.17, 15) is 4.79 Å². The minimum atomic E-state index is -0.326. The minimum Gasteiger partial charge on any atom is -0.465 e. The summed E-state index contributed by atoms with van der Waals surface area (Å²) in [6, 6.07) is 0. The van der Waals surface area contributed by atoms with E-state index in [0.717, 1.165) is 25.7 Å². The van der Waals surface area contributed by atoms with Crippen molar-refractivity contribution in [3.05, 3.63) is 23.3 Å². The zero-order chi connectivity index (χ0) is 27.4. The lowest BCUT2D eigenvalue weighted by Gasteiger charge is -2.57. The van der Waals surface area contributed by atoms with Crippen molar-refractivity contribution in [2.45, 2.75) is 163 Å². The van der Waals surface area contributed by atoms with Gasteiger partial charge in [0.15, 0.2) is 0 Å². The van der Waals surface area contributed by atoms with E-state index in [1.165, 1.54) is 103 Å². The first-order valence-electron chi connectivity index (χ1n) is 16.9. The molecule has 0 heterocycles. The van der Waals surface area contributed by atoms with Gasteiger partial charge in [0.25, 0.3) is 0 Å². The van der Waals surface area contributed by atoms with Gasteiger partial charge in [-0.25, -0.2) is 0 Å². The first-order valence-corrected chi connectivity index (χ1v) is 16.9. The molecule has 0 saturated heterocycles. The molecule has 0 aliphatic heterocycles. The van der Waals surface area contributed by atoms with Gasteiger partial charge in [0.1, 0.15) is 0 Å². The standard InChI is InChI=1S/C36H62O2/c1-6-7-8-9-10-11-12-13-14-15-16-17-18-19-27-38-34(37)36(5)26-20-25-35(4)32-23-21-30(29(2)3)28-31(32)22-24-33(35)36/h22,28-29,32-33H,6-21,23-27H2,1-5H3/t32-,33+,35+,36+/m0/s1. The number of carbonyl (C=O) groups excluding carboxylic acids is 1. The van der Waals surface area contributed by atoms with Crippen LogP contribution in [0.3, 0.4) is 0 Å². The molecular weight excluding hydrogens is 464 g/mol. The zero-order valence-electron chi connectivity index (χ0n) is 26.1. The lowest BCUT2D eigenvalue weighted by atomic mass is 9.47. The number of rotatable bonds is 17. The Balaban J connectivity index is 1.33. The Morgan fingerprint density at radius 3 is 2.05 bits per heavy atom. The Labute approximate surface area is 236 Å². The molecule has 0 bridgehead atoms. The quantitative estimate of drug-likeness (QED) is 0.139. The lowest BCUT2D eigenvalue weighted by Crippen LogP contribution is -2.53. The van der Waals surface area contributed by atoms with Crippen LogP contribution >= 0.6 is 0 Å². The fourth-order valence-electron chi connectivity index (χ4n) is 8.22. The third-order valence-corrected chi connectivity index (χ3v) is 10.8. The summed E-state index contributed by atoms with van der Waals surface area (Å²) in [7, 11) is 0. The van der Waals surface area contributed by atoms with Gasteiger partial charge < -0.3 is 4.74 Å². The van der Waals surface area contributed by atoms with E-state index in [1.807, 2.05) is 0 Å². The van der Waals surface area contributed by atoms with Crippen LogP contribution in [0.15, 0.2) is 23.3 Å². The number of ether oxygens (including phenoxy) is 1. The lowest BCUT2D eigenvalue weighted by molar-refractivity contribution is -0.169. The largest absolute Gasteiger partial charge is 0.465 e. The molecule has 0 aromatic rings. The molecule has 1 saturated carbocycles. The Hall–Kier alpha value is -1.05. The van der Waals surface area contributed by atoms with Crippen LogP contribution in [0.1, 0.15) is 163 Å². The SMILES string of the molecule is CCCCCCCCCCCCCCCCOC(=O)[C@]1(C)CCC[C@@]2(C)[C@H]1CC=C1C=C(C(C)C)CC[C@@H]12. The normalized spacial score (nSPS) is 28.9. The molecule has 0 aromatic heterocycles. The predicted molar refractivity (Wildman–Crippen MR) is 163 cm³/mol. The molecule has 218 valence electrons. The van der Waals surface area contributed by atoms with Crippen LogP contribution in [-0.4, -0.2) is 12.6 Å². The van der Waals surface area contributed by atoms with Crippen LogP contribution in [-0.2, 0) is 9.53 Å². The number of esters is 1. The Bertz CT molecular complexity index is 776. The van der Waals surface area contributed by atoms with Gasteiger partial charge in [0, 0.05) is 0 Å². The van der Waals surface area contributed by atoms with Gasteiger partial charge in [0.2, 0.25) is 0 Å². The number of carbonyl (C=O) groups is 1. The summed E-state index contributed by atoms with van der Waals surface area (Å²) in [6.07, 6.45) is 30.9. The van der Waals surface area contributed by atoms with Crippen LogP contribution in [0.4, 0.5) is 0 Å². The van der Waals surface area contributed by atoms with Crippen molar-refractivity contribution >= 4 is 5.97 Å². The highest BCUT2D eigenvalue weighted by atomic mass is 16.5. The van der Waals surface area contributed by atoms with Crippen LogP contribution < -0.4 is 0 Å². The second kappa shape index (κ2) is 15.7. The summed E-state index contributed by atoms with van der Waals surface area (Å²) >= 11 is 0. The second-order valence-corrected chi connectivity index (χ2v) is 14.0. The molecule has 3 aliphatic carbocycles. The third kappa shape index (κ3) is 8.23. The molecule has 0 amide bonds. The van der Waals surface area contributed by atoms with Gasteiger partial charge in [-0.1, -0.05) is 135 Å². The molecule has 1 fully saturated rings. The van der Waals surface area contributed by atoms with E-state index in [-0.39, 0.29) is 16.8 Å². The third-order valence-electron chi connectivity index (χ3n) is 10.8. The van der Waals surface area contributed by atoms with Crippen molar-refractivity contribution in [3.8, 4) is 0 Å². The van der Waals surface area contributed by atoms with Gasteiger partial charge in [0.05, 0.1) is 12.0 Å². The molecule has 2 nitrogen and oxygen atoms in total. The minimum absolute atomic E-state index is 0.0918. The summed E-state index contributed by atoms with van der Waals surface area (Å²) in [5.41, 5.74) is 3.08. The van der Waals surface area contributed by atoms with Crippen molar-refractivity contribution < 1.29 is 9.53 Å². The van der Waals surface area contributed by atoms with Crippen molar-refractivity contribution in [2.75, 3.05) is 6.61 Å². The van der Waals surface area contributed by atoms with Crippen LogP contribution in [0.2, 0.25) is 0 Å². The molecule has 4 atom stereocenters. The van der Waals surface area contributed by atoms with Crippen molar-refractivity contribution in [3.63, 3.8) is 0 Å². The molecule has 3 aliphatic rings. The smallest absolute Gasteiger partial charge is 0.312 e. The highest BCUT2D eigenvalue weighted by Gasteiger charge is 2.57. The average molecular weight is 527 g/mol. The second-order valence-electron chi connectivity index (χ2n) is 14.0. The maximum atomic E-state index is 13.5. The first-order chi connectivity index (χ1) is 18.3. The molecule has 3 rings (SSSR count). The van der Waals surface area contributed by atoms with Gasteiger partial charge in [-0.15, -0.1) is 0 Å². The monoisotopic (exact) mass is 526 g/mol. The topological polar surface area (TPSA) is 26.3 Å². The van der Waals surface area contributed by atoms with E-state index in [2.05, 4.69) is 46.8 Å². The molecule has 0 aromatic carbocycles. The fraction of sp³-hybridized carbons (Fsp3) is 0.861. The predicted octanol–water partition coefficient (Wildman–Crippen LogP) is 11.1. The Morgan fingerprint density at radius 1 is 0.895 bits per heavy atom. The maximum absolute atomic E-state index is 13.5. The fourth-order valence-corrected chi connectivity index (χ4v) is 8.22. The van der Waals surface area contributed by atoms with E-state index in [1.54, 1.807) is 11.1 Å². The summed E-state index contributed by atoms with van der Waals surface area (Å²) in [4.78, 5) is 13.5. The van der Waals surface area contributed by atoms with Crippen LogP contribution in [0.5, 0.6) is 0 Å². The van der Waals surface area contributed by atoms with E-state index >= 15 is 0 Å². The summed E-state index contributed by atoms with van der Waals surface area (Å²) in [5.74, 6) is 1.76. The van der Waals surface area contributed by atoms with E-state index in [4.69, 9.17) is 4.74 Å². The van der Waals surface area contributed by atoms with E-state index in [0.29, 0.717) is 24.4 Å². The number of allylic oxidation sites excluding steroid dienone is 4. The van der Waals surface area contributed by atoms with Crippen LogP contribution in [0.25, 0.3) is 0 Å². The Morgan fingerprint density at radius 2 is 1.47 bits per heavy atom. The highest BCUT2D eigenvalue weighted by Crippen LogP contribution is 2.62. The average Bonchev–Trinajstić information content (AvgIpc) is 2.90. The Kier molecular flexibility index (Phi) is 13.0. The van der Waals surface area contributed by atoms with Gasteiger partial charge in [-0.05, 0) is 74.2 Å². The molecular formula is C36H62O2. The summed E-state index contributed by atoms with van der Waals surface area (Å²) < 4.78 is 6.00. The maximum Gasteiger partial charge on any atom is 0.312 e. The molecule has 0 unspecified atom stereocenters. The van der Waals surface area contributed by atoms with Crippen molar-refractivity contribution in [1.29, 1.82) is 0 Å². The van der Waals surface area contributed by atoms with Gasteiger partial charge >= 0.3 is 5.97 Å². The zero-order valence-corrected chi connectivity index (χ0v) is 26.1.